The third-order valence-corrected chi connectivity index (χ3v) is 6.82. The Kier molecular flexibility index (Phi) is 6.15. The maximum absolute atomic E-state index is 12.8. The third kappa shape index (κ3) is 4.25. The van der Waals surface area contributed by atoms with E-state index < -0.39 is 10.0 Å². The molecule has 7 heteroatoms. The van der Waals surface area contributed by atoms with E-state index in [9.17, 15) is 8.42 Å². The number of benzene rings is 2. The second kappa shape index (κ2) is 8.41. The first-order chi connectivity index (χ1) is 13.4. The predicted molar refractivity (Wildman–Crippen MR) is 111 cm³/mol. The maximum atomic E-state index is 12.8. The molecule has 0 amide bonds. The van der Waals surface area contributed by atoms with Crippen molar-refractivity contribution >= 4 is 15.7 Å². The molecule has 28 heavy (non-hydrogen) atoms. The quantitative estimate of drug-likeness (QED) is 0.768. The van der Waals surface area contributed by atoms with Crippen LogP contribution in [0.2, 0.25) is 0 Å². The second-order valence-corrected chi connectivity index (χ2v) is 8.95. The van der Waals surface area contributed by atoms with Crippen molar-refractivity contribution in [3.63, 3.8) is 0 Å². The SMILES string of the molecule is COc1cc(C)c(S(=O)(=O)NCC2CCN(c3ccccc3OC)C2)cc1C. The fraction of sp³-hybridized carbons (Fsp3) is 0.429. The van der Waals surface area contributed by atoms with Crippen LogP contribution in [0.15, 0.2) is 41.3 Å². The van der Waals surface area contributed by atoms with Crippen molar-refractivity contribution in [2.24, 2.45) is 5.92 Å². The molecule has 0 radical (unpaired) electrons. The van der Waals surface area contributed by atoms with Crippen LogP contribution in [0.3, 0.4) is 0 Å². The lowest BCUT2D eigenvalue weighted by molar-refractivity contribution is 0.411. The van der Waals surface area contributed by atoms with E-state index in [1.54, 1.807) is 33.3 Å². The summed E-state index contributed by atoms with van der Waals surface area (Å²) in [6.07, 6.45) is 0.932. The molecule has 1 heterocycles. The summed E-state index contributed by atoms with van der Waals surface area (Å²) >= 11 is 0. The van der Waals surface area contributed by atoms with Gasteiger partial charge in [-0.3, -0.25) is 0 Å². The van der Waals surface area contributed by atoms with Crippen LogP contribution in [0.25, 0.3) is 0 Å². The zero-order valence-corrected chi connectivity index (χ0v) is 17.7. The first-order valence-electron chi connectivity index (χ1n) is 9.38. The smallest absolute Gasteiger partial charge is 0.240 e. The summed E-state index contributed by atoms with van der Waals surface area (Å²) in [7, 11) is -0.318. The van der Waals surface area contributed by atoms with E-state index in [4.69, 9.17) is 9.47 Å². The fourth-order valence-corrected chi connectivity index (χ4v) is 5.11. The van der Waals surface area contributed by atoms with Crippen molar-refractivity contribution in [1.82, 2.24) is 4.72 Å². The van der Waals surface area contributed by atoms with E-state index in [1.807, 2.05) is 31.2 Å². The average molecular weight is 405 g/mol. The molecule has 0 spiro atoms. The molecule has 3 rings (SSSR count). The van der Waals surface area contributed by atoms with Crippen LogP contribution in [-0.2, 0) is 10.0 Å². The van der Waals surface area contributed by atoms with E-state index in [2.05, 4.69) is 9.62 Å². The first-order valence-corrected chi connectivity index (χ1v) is 10.9. The molecular weight excluding hydrogens is 376 g/mol. The Hall–Kier alpha value is -2.25. The monoisotopic (exact) mass is 404 g/mol. The summed E-state index contributed by atoms with van der Waals surface area (Å²) < 4.78 is 39.2. The van der Waals surface area contributed by atoms with Crippen LogP contribution in [0.1, 0.15) is 17.5 Å². The number of ether oxygens (including phenoxy) is 2. The summed E-state index contributed by atoms with van der Waals surface area (Å²) in [6, 6.07) is 11.4. The zero-order valence-electron chi connectivity index (χ0n) is 16.9. The zero-order chi connectivity index (χ0) is 20.3. The molecule has 0 aromatic heterocycles. The Balaban J connectivity index is 1.67. The van der Waals surface area contributed by atoms with Gasteiger partial charge in [-0.25, -0.2) is 13.1 Å². The van der Waals surface area contributed by atoms with Gasteiger partial charge in [-0.15, -0.1) is 0 Å². The van der Waals surface area contributed by atoms with Crippen molar-refractivity contribution in [3.05, 3.63) is 47.5 Å². The molecule has 2 aromatic carbocycles. The molecule has 6 nitrogen and oxygen atoms in total. The van der Waals surface area contributed by atoms with Crippen LogP contribution < -0.4 is 19.1 Å². The molecule has 0 aliphatic carbocycles. The summed E-state index contributed by atoms with van der Waals surface area (Å²) in [5, 5.41) is 0. The molecule has 1 N–H and O–H groups in total. The molecule has 1 atom stereocenters. The van der Waals surface area contributed by atoms with Crippen LogP contribution in [0.5, 0.6) is 11.5 Å². The highest BCUT2D eigenvalue weighted by molar-refractivity contribution is 7.89. The lowest BCUT2D eigenvalue weighted by atomic mass is 10.1. The lowest BCUT2D eigenvalue weighted by Gasteiger charge is -2.21. The van der Waals surface area contributed by atoms with Gasteiger partial charge in [0.05, 0.1) is 24.8 Å². The van der Waals surface area contributed by atoms with Crippen LogP contribution in [0, 0.1) is 19.8 Å². The van der Waals surface area contributed by atoms with Gasteiger partial charge >= 0.3 is 0 Å². The van der Waals surface area contributed by atoms with Crippen molar-refractivity contribution < 1.29 is 17.9 Å². The molecule has 0 saturated carbocycles. The lowest BCUT2D eigenvalue weighted by Crippen LogP contribution is -2.31. The highest BCUT2D eigenvalue weighted by atomic mass is 32.2. The Labute approximate surface area is 167 Å². The van der Waals surface area contributed by atoms with E-state index >= 15 is 0 Å². The molecular formula is C21H28N2O4S. The minimum atomic E-state index is -3.57. The van der Waals surface area contributed by atoms with Gasteiger partial charge < -0.3 is 14.4 Å². The molecule has 1 fully saturated rings. The molecule has 152 valence electrons. The minimum absolute atomic E-state index is 0.249. The second-order valence-electron chi connectivity index (χ2n) is 7.21. The summed E-state index contributed by atoms with van der Waals surface area (Å²) in [5.74, 6) is 1.78. The number of nitrogens with one attached hydrogen (secondary N) is 1. The van der Waals surface area contributed by atoms with Gasteiger partial charge in [0.2, 0.25) is 10.0 Å². The number of anilines is 1. The normalized spacial score (nSPS) is 17.0. The van der Waals surface area contributed by atoms with E-state index in [0.29, 0.717) is 22.8 Å². The number of aryl methyl sites for hydroxylation is 2. The highest BCUT2D eigenvalue weighted by Crippen LogP contribution is 2.32. The Morgan fingerprint density at radius 1 is 1.07 bits per heavy atom. The van der Waals surface area contributed by atoms with E-state index in [-0.39, 0.29) is 5.92 Å². The van der Waals surface area contributed by atoms with Gasteiger partial charge in [0.1, 0.15) is 11.5 Å². The summed E-state index contributed by atoms with van der Waals surface area (Å²) in [6.45, 7) is 5.73. The first kappa shape index (κ1) is 20.5. The molecule has 1 aliphatic rings. The Morgan fingerprint density at radius 2 is 1.79 bits per heavy atom. The predicted octanol–water partition coefficient (Wildman–Crippen LogP) is 3.13. The number of methoxy groups -OCH3 is 2. The Morgan fingerprint density at radius 3 is 2.50 bits per heavy atom. The van der Waals surface area contributed by atoms with Gasteiger partial charge in [-0.05, 0) is 61.6 Å². The molecule has 0 bridgehead atoms. The number of rotatable bonds is 7. The van der Waals surface area contributed by atoms with Crippen LogP contribution in [-0.4, -0.2) is 42.3 Å². The van der Waals surface area contributed by atoms with E-state index in [0.717, 1.165) is 36.5 Å². The number of hydrogen-bond donors (Lipinski definition) is 1. The van der Waals surface area contributed by atoms with Crippen molar-refractivity contribution in [1.29, 1.82) is 0 Å². The maximum Gasteiger partial charge on any atom is 0.240 e. The number of hydrogen-bond acceptors (Lipinski definition) is 5. The summed E-state index contributed by atoms with van der Waals surface area (Å²) in [4.78, 5) is 2.56. The van der Waals surface area contributed by atoms with E-state index in [1.165, 1.54) is 0 Å². The van der Waals surface area contributed by atoms with Crippen molar-refractivity contribution in [3.8, 4) is 11.5 Å². The fourth-order valence-electron chi connectivity index (χ4n) is 3.69. The topological polar surface area (TPSA) is 67.9 Å². The average Bonchev–Trinajstić information content (AvgIpc) is 3.16. The minimum Gasteiger partial charge on any atom is -0.496 e. The molecule has 1 unspecified atom stereocenters. The number of sulfonamides is 1. The summed E-state index contributed by atoms with van der Waals surface area (Å²) in [5.41, 5.74) is 2.53. The van der Waals surface area contributed by atoms with Crippen molar-refractivity contribution in [2.75, 3.05) is 38.8 Å². The molecule has 1 saturated heterocycles. The van der Waals surface area contributed by atoms with Gasteiger partial charge in [0.25, 0.3) is 0 Å². The largest absolute Gasteiger partial charge is 0.496 e. The Bertz CT molecular complexity index is 943. The highest BCUT2D eigenvalue weighted by Gasteiger charge is 2.27. The third-order valence-electron chi connectivity index (χ3n) is 5.26. The molecule has 1 aliphatic heterocycles. The standard InChI is InChI=1S/C21H28N2O4S/c1-15-12-21(16(2)11-20(15)27-4)28(24,25)22-13-17-9-10-23(14-17)18-7-5-6-8-19(18)26-3/h5-8,11-12,17,22H,9-10,13-14H2,1-4H3. The van der Waals surface area contributed by atoms with Gasteiger partial charge in [0, 0.05) is 19.6 Å². The number of nitrogens with zero attached hydrogens (tertiary/aromatic N) is 1. The molecule has 2 aromatic rings. The van der Waals surface area contributed by atoms with Gasteiger partial charge in [-0.2, -0.15) is 0 Å². The van der Waals surface area contributed by atoms with Gasteiger partial charge in [-0.1, -0.05) is 12.1 Å². The van der Waals surface area contributed by atoms with Gasteiger partial charge in [0.15, 0.2) is 0 Å². The van der Waals surface area contributed by atoms with Crippen LogP contribution >= 0.6 is 0 Å². The number of para-hydroxylation sites is 2. The van der Waals surface area contributed by atoms with Crippen molar-refractivity contribution in [2.45, 2.75) is 25.2 Å². The van der Waals surface area contributed by atoms with Crippen LogP contribution in [0.4, 0.5) is 5.69 Å².